The molecule has 0 spiro atoms. The van der Waals surface area contributed by atoms with Crippen molar-refractivity contribution in [1.82, 2.24) is 25.3 Å². The van der Waals surface area contributed by atoms with Gasteiger partial charge in [-0.05, 0) is 63.0 Å². The average Bonchev–Trinajstić information content (AvgIpc) is 2.83. The van der Waals surface area contributed by atoms with E-state index in [1.165, 1.54) is 17.5 Å². The minimum atomic E-state index is -0.213. The van der Waals surface area contributed by atoms with E-state index in [-0.39, 0.29) is 11.9 Å². The summed E-state index contributed by atoms with van der Waals surface area (Å²) in [5.74, 6) is 1.06. The summed E-state index contributed by atoms with van der Waals surface area (Å²) in [6.45, 7) is 10.9. The number of rotatable bonds is 7. The van der Waals surface area contributed by atoms with Crippen LogP contribution in [0.25, 0.3) is 5.70 Å². The quantitative estimate of drug-likeness (QED) is 0.548. The van der Waals surface area contributed by atoms with Gasteiger partial charge in [0.05, 0.1) is 6.04 Å². The third kappa shape index (κ3) is 6.51. The number of likely N-dealkylation sites (N-methyl/N-ethyl adjacent to an activating group) is 1. The first kappa shape index (κ1) is 25.1. The second-order valence-corrected chi connectivity index (χ2v) is 8.84. The maximum absolute atomic E-state index is 14.0. The molecule has 0 radical (unpaired) electrons. The number of fused-ring (bicyclic) bond motifs is 1. The molecule has 1 unspecified atom stereocenters. The Kier molecular flexibility index (Phi) is 9.21. The van der Waals surface area contributed by atoms with Gasteiger partial charge in [0, 0.05) is 63.3 Å². The van der Waals surface area contributed by atoms with Crippen molar-refractivity contribution in [3.05, 3.63) is 59.2 Å². The van der Waals surface area contributed by atoms with Crippen molar-refractivity contribution in [3.8, 4) is 0 Å². The lowest BCUT2D eigenvalue weighted by molar-refractivity contribution is 0.217. The fourth-order valence-electron chi connectivity index (χ4n) is 4.47. The topological polar surface area (TPSA) is 45.8 Å². The van der Waals surface area contributed by atoms with Crippen LogP contribution in [0.15, 0.2) is 47.8 Å². The Bertz CT molecular complexity index is 870. The lowest BCUT2D eigenvalue weighted by atomic mass is 9.95. The lowest BCUT2D eigenvalue weighted by Crippen LogP contribution is -2.47. The van der Waals surface area contributed by atoms with Gasteiger partial charge < -0.3 is 30.7 Å². The van der Waals surface area contributed by atoms with Crippen molar-refractivity contribution in [2.75, 3.05) is 72.3 Å². The summed E-state index contributed by atoms with van der Waals surface area (Å²) in [7, 11) is 6.33. The van der Waals surface area contributed by atoms with E-state index in [0.29, 0.717) is 0 Å². The van der Waals surface area contributed by atoms with Crippen molar-refractivity contribution in [2.24, 2.45) is 0 Å². The van der Waals surface area contributed by atoms with Crippen LogP contribution < -0.4 is 16.0 Å². The average molecular weight is 457 g/mol. The smallest absolute Gasteiger partial charge is 0.125 e. The van der Waals surface area contributed by atoms with Crippen LogP contribution in [0.5, 0.6) is 0 Å². The van der Waals surface area contributed by atoms with Gasteiger partial charge in [0.2, 0.25) is 0 Å². The van der Waals surface area contributed by atoms with Crippen LogP contribution in [0.3, 0.4) is 0 Å². The molecule has 6 nitrogen and oxygen atoms in total. The predicted octanol–water partition coefficient (Wildman–Crippen LogP) is 3.15. The zero-order valence-electron chi connectivity index (χ0n) is 20.9. The van der Waals surface area contributed by atoms with Crippen molar-refractivity contribution in [1.29, 1.82) is 0 Å². The molecule has 182 valence electrons. The Morgan fingerprint density at radius 1 is 1.15 bits per heavy atom. The summed E-state index contributed by atoms with van der Waals surface area (Å²) in [6.07, 6.45) is 7.77. The van der Waals surface area contributed by atoms with E-state index in [1.807, 2.05) is 19.9 Å². The van der Waals surface area contributed by atoms with Crippen LogP contribution in [-0.2, 0) is 0 Å². The molecule has 7 heteroatoms. The first-order valence-corrected chi connectivity index (χ1v) is 12.3. The van der Waals surface area contributed by atoms with E-state index in [0.717, 1.165) is 69.2 Å². The molecule has 0 aliphatic carbocycles. The van der Waals surface area contributed by atoms with E-state index in [4.69, 9.17) is 0 Å². The number of nitrogens with one attached hydrogen (secondary N) is 3. The highest BCUT2D eigenvalue weighted by Crippen LogP contribution is 2.32. The molecule has 3 aliphatic rings. The van der Waals surface area contributed by atoms with Crippen molar-refractivity contribution < 1.29 is 4.39 Å². The van der Waals surface area contributed by atoms with Gasteiger partial charge in [-0.15, -0.1) is 0 Å². The van der Waals surface area contributed by atoms with E-state index < -0.39 is 0 Å². The summed E-state index contributed by atoms with van der Waals surface area (Å²) < 4.78 is 14.0. The highest BCUT2D eigenvalue weighted by molar-refractivity contribution is 5.80. The van der Waals surface area contributed by atoms with Crippen molar-refractivity contribution in [3.63, 3.8) is 0 Å². The number of piperazine rings is 1. The molecule has 4 rings (SSSR count). The molecular weight excluding hydrogens is 415 g/mol. The Morgan fingerprint density at radius 3 is 2.61 bits per heavy atom. The molecule has 1 saturated heterocycles. The number of anilines is 1. The fraction of sp³-hybridized carbons (Fsp3) is 0.538. The van der Waals surface area contributed by atoms with Crippen LogP contribution in [0.4, 0.5) is 10.1 Å². The maximum Gasteiger partial charge on any atom is 0.125 e. The van der Waals surface area contributed by atoms with E-state index in [9.17, 15) is 4.39 Å². The highest BCUT2D eigenvalue weighted by Gasteiger charge is 2.26. The van der Waals surface area contributed by atoms with Gasteiger partial charge >= 0.3 is 0 Å². The number of nitrogens with zero attached hydrogens (tertiary/aromatic N) is 3. The molecule has 3 heterocycles. The number of halogens is 1. The minimum absolute atomic E-state index is 0.0360. The second-order valence-electron chi connectivity index (χ2n) is 8.84. The monoisotopic (exact) mass is 456 g/mol. The largest absolute Gasteiger partial charge is 0.385 e. The summed E-state index contributed by atoms with van der Waals surface area (Å²) in [5.41, 5.74) is 4.24. The molecule has 0 aromatic heterocycles. The molecule has 0 amide bonds. The Morgan fingerprint density at radius 2 is 1.91 bits per heavy atom. The number of benzene rings is 1. The molecule has 33 heavy (non-hydrogen) atoms. The van der Waals surface area contributed by atoms with Gasteiger partial charge in [0.1, 0.15) is 11.6 Å². The molecule has 1 aromatic carbocycles. The van der Waals surface area contributed by atoms with Gasteiger partial charge in [0.15, 0.2) is 0 Å². The van der Waals surface area contributed by atoms with Crippen LogP contribution in [-0.4, -0.2) is 87.7 Å². The molecule has 1 fully saturated rings. The minimum Gasteiger partial charge on any atom is -0.385 e. The fourth-order valence-corrected chi connectivity index (χ4v) is 4.47. The zero-order valence-corrected chi connectivity index (χ0v) is 20.9. The van der Waals surface area contributed by atoms with Gasteiger partial charge in [-0.2, -0.15) is 0 Å². The maximum atomic E-state index is 14.0. The summed E-state index contributed by atoms with van der Waals surface area (Å²) in [5, 5.41) is 10.6. The number of allylic oxidation sites excluding steroid dienone is 2. The molecule has 1 atom stereocenters. The van der Waals surface area contributed by atoms with Crippen LogP contribution in [0.1, 0.15) is 25.8 Å². The Hall–Kier alpha value is -2.51. The van der Waals surface area contributed by atoms with Crippen LogP contribution >= 0.6 is 0 Å². The van der Waals surface area contributed by atoms with Crippen LogP contribution in [0, 0.1) is 5.82 Å². The van der Waals surface area contributed by atoms with Gasteiger partial charge in [0.25, 0.3) is 0 Å². The van der Waals surface area contributed by atoms with Gasteiger partial charge in [-0.1, -0.05) is 19.9 Å². The van der Waals surface area contributed by atoms with E-state index in [1.54, 1.807) is 6.07 Å². The SMILES string of the molecule is CC.CN(C)CCCNC1=CC(C2=CC=C(N3CCNCC3)N(C)C2)Nc2cc(F)ccc21. The number of hydrogen-bond acceptors (Lipinski definition) is 6. The van der Waals surface area contributed by atoms with Gasteiger partial charge in [-0.25, -0.2) is 4.39 Å². The first-order valence-electron chi connectivity index (χ1n) is 12.3. The molecule has 0 bridgehead atoms. The van der Waals surface area contributed by atoms with Gasteiger partial charge in [-0.3, -0.25) is 0 Å². The summed E-state index contributed by atoms with van der Waals surface area (Å²) in [4.78, 5) is 6.95. The second kappa shape index (κ2) is 12.1. The first-order chi connectivity index (χ1) is 16.0. The predicted molar refractivity (Wildman–Crippen MR) is 138 cm³/mol. The third-order valence-corrected chi connectivity index (χ3v) is 6.11. The Balaban J connectivity index is 0.00000149. The molecule has 3 N–H and O–H groups in total. The Labute approximate surface area is 199 Å². The van der Waals surface area contributed by atoms with Crippen LogP contribution in [0.2, 0.25) is 0 Å². The highest BCUT2D eigenvalue weighted by atomic mass is 19.1. The van der Waals surface area contributed by atoms with Crippen molar-refractivity contribution in [2.45, 2.75) is 26.3 Å². The third-order valence-electron chi connectivity index (χ3n) is 6.11. The standard InChI is InChI=1S/C24H35FN6.C2H6/c1-29(2)12-4-9-27-22-16-21(28-23-15-19(25)6-7-20(22)23)18-5-8-24(30(3)17-18)31-13-10-26-11-14-31;1-2/h5-8,15-16,21,26-28H,4,9-14,17H2,1-3H3;1-2H3. The summed E-state index contributed by atoms with van der Waals surface area (Å²) >= 11 is 0. The normalized spacial score (nSPS) is 20.1. The number of hydrogen-bond donors (Lipinski definition) is 3. The van der Waals surface area contributed by atoms with Crippen molar-refractivity contribution >= 4 is 11.4 Å². The zero-order chi connectivity index (χ0) is 23.8. The summed E-state index contributed by atoms with van der Waals surface area (Å²) in [6, 6.07) is 5.04. The lowest BCUT2D eigenvalue weighted by Gasteiger charge is -2.39. The molecular formula is C26H41FN6. The molecule has 1 aromatic rings. The van der Waals surface area contributed by atoms with E-state index in [2.05, 4.69) is 70.0 Å². The molecule has 0 saturated carbocycles. The molecule has 3 aliphatic heterocycles. The van der Waals surface area contributed by atoms with E-state index >= 15 is 0 Å².